The molecule has 0 aromatic heterocycles. The minimum Gasteiger partial charge on any atom is -0.480 e. The third kappa shape index (κ3) is 2.98. The Labute approximate surface area is 103 Å². The smallest absolute Gasteiger partial charge is 0.321 e. The van der Waals surface area contributed by atoms with Crippen molar-refractivity contribution in [3.05, 3.63) is 35.6 Å². The van der Waals surface area contributed by atoms with Gasteiger partial charge < -0.3 is 5.11 Å². The fraction of sp³-hybridized carbons (Fsp3) is 0.417. The fourth-order valence-electron chi connectivity index (χ4n) is 1.95. The van der Waals surface area contributed by atoms with Crippen LogP contribution >= 0.6 is 11.8 Å². The van der Waals surface area contributed by atoms with E-state index in [1.54, 1.807) is 23.9 Å². The molecule has 0 amide bonds. The highest BCUT2D eigenvalue weighted by Gasteiger charge is 2.38. The topological polar surface area (TPSA) is 49.3 Å². The number of hydrogen-bond donors (Lipinski definition) is 2. The number of benzene rings is 1. The maximum absolute atomic E-state index is 12.8. The van der Waals surface area contributed by atoms with Crippen LogP contribution < -0.4 is 5.32 Å². The molecule has 0 spiro atoms. The number of carbonyl (C=O) groups is 1. The molecule has 1 aliphatic heterocycles. The van der Waals surface area contributed by atoms with Gasteiger partial charge in [0.1, 0.15) is 11.9 Å². The molecule has 1 fully saturated rings. The molecular weight excluding hydrogens is 241 g/mol. The predicted octanol–water partition coefficient (Wildman–Crippen LogP) is 1.87. The van der Waals surface area contributed by atoms with Gasteiger partial charge in [-0.3, -0.25) is 10.1 Å². The van der Waals surface area contributed by atoms with Gasteiger partial charge in [-0.15, -0.1) is 11.8 Å². The summed E-state index contributed by atoms with van der Waals surface area (Å²) < 4.78 is 12.8. The van der Waals surface area contributed by atoms with E-state index in [2.05, 4.69) is 5.32 Å². The lowest BCUT2D eigenvalue weighted by atomic mass is 10.1. The Morgan fingerprint density at radius 3 is 2.76 bits per heavy atom. The van der Waals surface area contributed by atoms with Crippen molar-refractivity contribution in [3.63, 3.8) is 0 Å². The molecule has 1 saturated heterocycles. The third-order valence-electron chi connectivity index (χ3n) is 2.80. The van der Waals surface area contributed by atoms with E-state index < -0.39 is 12.0 Å². The van der Waals surface area contributed by atoms with E-state index in [1.807, 2.05) is 6.92 Å². The zero-order valence-corrected chi connectivity index (χ0v) is 10.3. The average Bonchev–Trinajstić information content (AvgIpc) is 2.65. The Balaban J connectivity index is 2.04. The van der Waals surface area contributed by atoms with Gasteiger partial charge in [-0.1, -0.05) is 12.1 Å². The summed E-state index contributed by atoms with van der Waals surface area (Å²) in [5.74, 6) is -0.512. The molecule has 0 aliphatic carbocycles. The molecule has 0 saturated carbocycles. The van der Waals surface area contributed by atoms with Crippen molar-refractivity contribution in [1.29, 1.82) is 0 Å². The van der Waals surface area contributed by atoms with Crippen molar-refractivity contribution < 1.29 is 14.3 Å². The van der Waals surface area contributed by atoms with Crippen LogP contribution in [0.4, 0.5) is 4.39 Å². The van der Waals surface area contributed by atoms with E-state index in [-0.39, 0.29) is 10.7 Å². The summed E-state index contributed by atoms with van der Waals surface area (Å²) in [5.41, 5.74) is 1.000. The maximum Gasteiger partial charge on any atom is 0.321 e. The van der Waals surface area contributed by atoms with Crippen molar-refractivity contribution in [1.82, 2.24) is 5.32 Å². The second-order valence-electron chi connectivity index (χ2n) is 4.38. The molecular formula is C12H14FNO2S. The monoisotopic (exact) mass is 255 g/mol. The molecule has 1 aromatic rings. The average molecular weight is 255 g/mol. The number of aliphatic carboxylic acids is 1. The van der Waals surface area contributed by atoms with Gasteiger partial charge in [-0.05, 0) is 31.0 Å². The lowest BCUT2D eigenvalue weighted by Gasteiger charge is -2.24. The Morgan fingerprint density at radius 2 is 2.24 bits per heavy atom. The molecule has 92 valence electrons. The van der Waals surface area contributed by atoms with E-state index in [1.165, 1.54) is 12.1 Å². The largest absolute Gasteiger partial charge is 0.480 e. The molecule has 2 N–H and O–H groups in total. The SMILES string of the molecule is CC1(Cc2ccc(F)cc2)N[C@@H](C(=O)O)CS1. The summed E-state index contributed by atoms with van der Waals surface area (Å²) in [5, 5.41) is 12.0. The molecule has 17 heavy (non-hydrogen) atoms. The minimum absolute atomic E-state index is 0.255. The van der Waals surface area contributed by atoms with Gasteiger partial charge >= 0.3 is 5.97 Å². The van der Waals surface area contributed by atoms with Gasteiger partial charge in [-0.2, -0.15) is 0 Å². The van der Waals surface area contributed by atoms with Crippen molar-refractivity contribution >= 4 is 17.7 Å². The summed E-state index contributed by atoms with van der Waals surface area (Å²) in [7, 11) is 0. The Bertz CT molecular complexity index is 423. The maximum atomic E-state index is 12.8. The van der Waals surface area contributed by atoms with Crippen LogP contribution in [0.3, 0.4) is 0 Å². The first kappa shape index (κ1) is 12.4. The molecule has 2 rings (SSSR count). The molecule has 1 aliphatic rings. The number of thioether (sulfide) groups is 1. The zero-order chi connectivity index (χ0) is 12.5. The van der Waals surface area contributed by atoms with Crippen LogP contribution in [0.15, 0.2) is 24.3 Å². The third-order valence-corrected chi connectivity index (χ3v) is 4.20. The van der Waals surface area contributed by atoms with Crippen LogP contribution in [0.5, 0.6) is 0 Å². The highest BCUT2D eigenvalue weighted by atomic mass is 32.2. The number of halogens is 1. The molecule has 1 unspecified atom stereocenters. The highest BCUT2D eigenvalue weighted by Crippen LogP contribution is 2.33. The van der Waals surface area contributed by atoms with Crippen molar-refractivity contribution in [2.24, 2.45) is 0 Å². The van der Waals surface area contributed by atoms with Crippen LogP contribution in [0.2, 0.25) is 0 Å². The summed E-state index contributed by atoms with van der Waals surface area (Å²) in [6.45, 7) is 1.98. The molecule has 0 radical (unpaired) electrons. The lowest BCUT2D eigenvalue weighted by Crippen LogP contribution is -2.44. The van der Waals surface area contributed by atoms with E-state index >= 15 is 0 Å². The van der Waals surface area contributed by atoms with Gasteiger partial charge in [0.15, 0.2) is 0 Å². The summed E-state index contributed by atoms with van der Waals surface area (Å²) in [6, 6.07) is 5.82. The highest BCUT2D eigenvalue weighted by molar-refractivity contribution is 8.00. The first-order chi connectivity index (χ1) is 7.98. The number of carboxylic acids is 1. The second kappa shape index (κ2) is 4.66. The Morgan fingerprint density at radius 1 is 1.59 bits per heavy atom. The summed E-state index contributed by atoms with van der Waals surface area (Å²) in [6.07, 6.45) is 0.682. The normalized spacial score (nSPS) is 28.2. The van der Waals surface area contributed by atoms with Crippen LogP contribution in [0, 0.1) is 5.82 Å². The van der Waals surface area contributed by atoms with Crippen LogP contribution in [0.1, 0.15) is 12.5 Å². The van der Waals surface area contributed by atoms with Crippen molar-refractivity contribution in [2.45, 2.75) is 24.3 Å². The van der Waals surface area contributed by atoms with E-state index in [9.17, 15) is 9.18 Å². The summed E-state index contributed by atoms with van der Waals surface area (Å²) >= 11 is 1.59. The Hall–Kier alpha value is -1.07. The van der Waals surface area contributed by atoms with Gasteiger partial charge in [0.05, 0.1) is 4.87 Å². The number of carboxylic acid groups (broad SMARTS) is 1. The van der Waals surface area contributed by atoms with Crippen LogP contribution in [-0.2, 0) is 11.2 Å². The first-order valence-electron chi connectivity index (χ1n) is 5.37. The Kier molecular flexibility index (Phi) is 3.40. The standard InChI is InChI=1S/C12H14FNO2S/c1-12(14-10(7-17-12)11(15)16)6-8-2-4-9(13)5-3-8/h2-5,10,14H,6-7H2,1H3,(H,15,16)/t10-,12?/m1/s1. The fourth-order valence-corrected chi connectivity index (χ4v) is 3.20. The molecule has 2 atom stereocenters. The van der Waals surface area contributed by atoms with Gasteiger partial charge in [0, 0.05) is 5.75 Å². The lowest BCUT2D eigenvalue weighted by molar-refractivity contribution is -0.138. The molecule has 3 nitrogen and oxygen atoms in total. The molecule has 5 heteroatoms. The second-order valence-corrected chi connectivity index (χ2v) is 5.90. The quantitative estimate of drug-likeness (QED) is 0.865. The predicted molar refractivity (Wildman–Crippen MR) is 65.5 cm³/mol. The number of hydrogen-bond acceptors (Lipinski definition) is 3. The van der Waals surface area contributed by atoms with E-state index in [4.69, 9.17) is 5.11 Å². The molecule has 1 heterocycles. The van der Waals surface area contributed by atoms with Crippen LogP contribution in [-0.4, -0.2) is 27.7 Å². The van der Waals surface area contributed by atoms with Gasteiger partial charge in [-0.25, -0.2) is 4.39 Å². The molecule has 0 bridgehead atoms. The number of nitrogens with one attached hydrogen (secondary N) is 1. The zero-order valence-electron chi connectivity index (χ0n) is 9.44. The van der Waals surface area contributed by atoms with Crippen molar-refractivity contribution in [2.75, 3.05) is 5.75 Å². The van der Waals surface area contributed by atoms with Gasteiger partial charge in [0.2, 0.25) is 0 Å². The first-order valence-corrected chi connectivity index (χ1v) is 6.36. The number of rotatable bonds is 3. The van der Waals surface area contributed by atoms with Crippen LogP contribution in [0.25, 0.3) is 0 Å². The molecule has 1 aromatic carbocycles. The van der Waals surface area contributed by atoms with Gasteiger partial charge in [0.25, 0.3) is 0 Å². The van der Waals surface area contributed by atoms with Crippen molar-refractivity contribution in [3.8, 4) is 0 Å². The van der Waals surface area contributed by atoms with E-state index in [0.29, 0.717) is 12.2 Å². The minimum atomic E-state index is -0.819. The van der Waals surface area contributed by atoms with E-state index in [0.717, 1.165) is 5.56 Å². The summed E-state index contributed by atoms with van der Waals surface area (Å²) in [4.78, 5) is 10.6.